The predicted octanol–water partition coefficient (Wildman–Crippen LogP) is 4.94. The van der Waals surface area contributed by atoms with Crippen LogP contribution in [0.3, 0.4) is 0 Å². The monoisotopic (exact) mass is 458 g/mol. The standard InChI is InChI=1S/C22H26N4O5S/c1-15-11-17(14-22(2,3)13-15)23-24-20-10-9-19(12-21(20)26(27)28)32(29,30)25-16-5-7-18(31-4)8-6-16/h5-12,24-25H,13-14H2,1-4H3/b23-17-. The van der Waals surface area contributed by atoms with Crippen molar-refractivity contribution in [1.82, 2.24) is 0 Å². The smallest absolute Gasteiger partial charge is 0.295 e. The topological polar surface area (TPSA) is 123 Å². The molecule has 2 aromatic carbocycles. The summed E-state index contributed by atoms with van der Waals surface area (Å²) in [5.74, 6) is 0.576. The first-order chi connectivity index (χ1) is 15.0. The molecule has 170 valence electrons. The predicted molar refractivity (Wildman–Crippen MR) is 125 cm³/mol. The summed E-state index contributed by atoms with van der Waals surface area (Å²) in [5, 5.41) is 15.9. The van der Waals surface area contributed by atoms with Crippen LogP contribution >= 0.6 is 0 Å². The largest absolute Gasteiger partial charge is 0.497 e. The van der Waals surface area contributed by atoms with E-state index in [4.69, 9.17) is 4.74 Å². The first-order valence-electron chi connectivity index (χ1n) is 9.94. The number of nitrogens with zero attached hydrogens (tertiary/aromatic N) is 2. The number of methoxy groups -OCH3 is 1. The van der Waals surface area contributed by atoms with Crippen molar-refractivity contribution in [2.45, 2.75) is 38.5 Å². The van der Waals surface area contributed by atoms with Crippen LogP contribution in [-0.2, 0) is 10.0 Å². The van der Waals surface area contributed by atoms with Crippen molar-refractivity contribution in [2.24, 2.45) is 10.5 Å². The second kappa shape index (κ2) is 8.99. The molecule has 0 unspecified atom stereocenters. The number of anilines is 2. The highest BCUT2D eigenvalue weighted by Crippen LogP contribution is 2.34. The number of hydrogen-bond donors (Lipinski definition) is 2. The molecule has 1 aliphatic rings. The summed E-state index contributed by atoms with van der Waals surface area (Å²) in [4.78, 5) is 10.7. The number of sulfonamides is 1. The van der Waals surface area contributed by atoms with E-state index in [-0.39, 0.29) is 21.7 Å². The molecule has 0 spiro atoms. The molecule has 10 heteroatoms. The molecule has 0 atom stereocenters. The molecular formula is C22H26N4O5S. The Labute approximate surface area is 187 Å². The molecule has 9 nitrogen and oxygen atoms in total. The van der Waals surface area contributed by atoms with E-state index in [2.05, 4.69) is 29.1 Å². The van der Waals surface area contributed by atoms with Crippen LogP contribution in [0.2, 0.25) is 0 Å². The first-order valence-corrected chi connectivity index (χ1v) is 11.4. The van der Waals surface area contributed by atoms with Gasteiger partial charge in [0.1, 0.15) is 11.4 Å². The maximum Gasteiger partial charge on any atom is 0.295 e. The molecule has 0 fully saturated rings. The van der Waals surface area contributed by atoms with Gasteiger partial charge in [0.25, 0.3) is 15.7 Å². The maximum atomic E-state index is 12.7. The Morgan fingerprint density at radius 3 is 2.41 bits per heavy atom. The Balaban J connectivity index is 1.86. The average molecular weight is 459 g/mol. The summed E-state index contributed by atoms with van der Waals surface area (Å²) in [6.07, 6.45) is 3.64. The van der Waals surface area contributed by atoms with E-state index < -0.39 is 14.9 Å². The lowest BCUT2D eigenvalue weighted by Crippen LogP contribution is -2.22. The number of allylic oxidation sites excluding steroid dienone is 2. The van der Waals surface area contributed by atoms with Gasteiger partial charge in [-0.05, 0) is 67.7 Å². The van der Waals surface area contributed by atoms with Gasteiger partial charge in [0.15, 0.2) is 0 Å². The number of hydrogen-bond acceptors (Lipinski definition) is 7. The third-order valence-corrected chi connectivity index (χ3v) is 6.35. The van der Waals surface area contributed by atoms with Crippen LogP contribution in [0.4, 0.5) is 17.1 Å². The molecule has 3 rings (SSSR count). The number of benzene rings is 2. The zero-order valence-electron chi connectivity index (χ0n) is 18.4. The van der Waals surface area contributed by atoms with Crippen LogP contribution in [-0.4, -0.2) is 26.2 Å². The van der Waals surface area contributed by atoms with Crippen molar-refractivity contribution in [3.8, 4) is 5.75 Å². The third-order valence-electron chi connectivity index (χ3n) is 4.97. The molecule has 0 heterocycles. The van der Waals surface area contributed by atoms with Crippen molar-refractivity contribution in [1.29, 1.82) is 0 Å². The molecule has 0 saturated carbocycles. The number of hydrazone groups is 1. The summed E-state index contributed by atoms with van der Waals surface area (Å²) < 4.78 is 32.9. The maximum absolute atomic E-state index is 12.7. The van der Waals surface area contributed by atoms with E-state index in [1.54, 1.807) is 12.1 Å². The Morgan fingerprint density at radius 1 is 1.12 bits per heavy atom. The van der Waals surface area contributed by atoms with Crippen molar-refractivity contribution in [3.05, 3.63) is 64.2 Å². The number of nitro benzene ring substituents is 1. The Bertz CT molecular complexity index is 1190. The highest BCUT2D eigenvalue weighted by atomic mass is 32.2. The second-order valence-electron chi connectivity index (χ2n) is 8.49. The fourth-order valence-corrected chi connectivity index (χ4v) is 4.77. The highest BCUT2D eigenvalue weighted by Gasteiger charge is 2.25. The molecular weight excluding hydrogens is 432 g/mol. The fraction of sp³-hybridized carbons (Fsp3) is 0.318. The van der Waals surface area contributed by atoms with Crippen LogP contribution in [0.15, 0.2) is 64.1 Å². The zero-order chi connectivity index (χ0) is 23.5. The molecule has 0 radical (unpaired) electrons. The number of nitro groups is 1. The van der Waals surface area contributed by atoms with Gasteiger partial charge in [-0.1, -0.05) is 19.4 Å². The summed E-state index contributed by atoms with van der Waals surface area (Å²) in [6.45, 7) is 6.29. The summed E-state index contributed by atoms with van der Waals surface area (Å²) in [7, 11) is -2.53. The molecule has 2 aromatic rings. The van der Waals surface area contributed by atoms with E-state index in [0.717, 1.165) is 24.6 Å². The van der Waals surface area contributed by atoms with Gasteiger partial charge < -0.3 is 4.74 Å². The van der Waals surface area contributed by atoms with Crippen molar-refractivity contribution >= 4 is 32.8 Å². The Hall–Kier alpha value is -3.40. The Kier molecular flexibility index (Phi) is 6.54. The normalized spacial score (nSPS) is 16.9. The minimum atomic E-state index is -4.03. The van der Waals surface area contributed by atoms with Crippen LogP contribution < -0.4 is 14.9 Å². The lowest BCUT2D eigenvalue weighted by molar-refractivity contribution is -0.384. The summed E-state index contributed by atoms with van der Waals surface area (Å²) in [5.41, 5.74) is 4.79. The van der Waals surface area contributed by atoms with Gasteiger partial charge in [0.2, 0.25) is 0 Å². The van der Waals surface area contributed by atoms with Crippen LogP contribution in [0, 0.1) is 15.5 Å². The van der Waals surface area contributed by atoms with Gasteiger partial charge in [-0.3, -0.25) is 20.3 Å². The van der Waals surface area contributed by atoms with Gasteiger partial charge in [0, 0.05) is 11.8 Å². The Morgan fingerprint density at radius 2 is 1.81 bits per heavy atom. The van der Waals surface area contributed by atoms with Gasteiger partial charge in [-0.25, -0.2) is 8.42 Å². The second-order valence-corrected chi connectivity index (χ2v) is 10.2. The van der Waals surface area contributed by atoms with Crippen molar-refractivity contribution in [3.63, 3.8) is 0 Å². The van der Waals surface area contributed by atoms with Gasteiger partial charge >= 0.3 is 0 Å². The first kappa shape index (κ1) is 23.3. The van der Waals surface area contributed by atoms with E-state index in [9.17, 15) is 18.5 Å². The highest BCUT2D eigenvalue weighted by molar-refractivity contribution is 7.92. The molecule has 0 aromatic heterocycles. The van der Waals surface area contributed by atoms with E-state index >= 15 is 0 Å². The third kappa shape index (κ3) is 5.64. The zero-order valence-corrected chi connectivity index (χ0v) is 19.2. The van der Waals surface area contributed by atoms with E-state index in [1.165, 1.54) is 36.9 Å². The van der Waals surface area contributed by atoms with Crippen LogP contribution in [0.5, 0.6) is 5.75 Å². The van der Waals surface area contributed by atoms with Crippen molar-refractivity contribution < 1.29 is 18.1 Å². The van der Waals surface area contributed by atoms with Crippen LogP contribution in [0.1, 0.15) is 33.6 Å². The molecule has 0 aliphatic heterocycles. The van der Waals surface area contributed by atoms with Crippen molar-refractivity contribution in [2.75, 3.05) is 17.3 Å². The van der Waals surface area contributed by atoms with Crippen LogP contribution in [0.25, 0.3) is 0 Å². The fourth-order valence-electron chi connectivity index (χ4n) is 3.70. The van der Waals surface area contributed by atoms with Gasteiger partial charge in [-0.2, -0.15) is 5.10 Å². The molecule has 1 aliphatic carbocycles. The quantitative estimate of drug-likeness (QED) is 0.447. The number of rotatable bonds is 7. The minimum absolute atomic E-state index is 0.0519. The van der Waals surface area contributed by atoms with Gasteiger partial charge in [0.05, 0.1) is 22.6 Å². The van der Waals surface area contributed by atoms with E-state index in [0.29, 0.717) is 11.4 Å². The van der Waals surface area contributed by atoms with Gasteiger partial charge in [-0.15, -0.1) is 0 Å². The minimum Gasteiger partial charge on any atom is -0.497 e. The number of nitrogens with one attached hydrogen (secondary N) is 2. The summed E-state index contributed by atoms with van der Waals surface area (Å²) in [6, 6.07) is 9.95. The van der Waals surface area contributed by atoms with E-state index in [1.807, 2.05) is 13.0 Å². The molecule has 32 heavy (non-hydrogen) atoms. The summed E-state index contributed by atoms with van der Waals surface area (Å²) >= 11 is 0. The SMILES string of the molecule is COc1ccc(NS(=O)(=O)c2ccc(N/N=C3/C=C(C)CC(C)(C)C3)c([N+](=O)[O-])c2)cc1. The molecule has 2 N–H and O–H groups in total. The molecule has 0 bridgehead atoms. The lowest BCUT2D eigenvalue weighted by Gasteiger charge is -2.29. The lowest BCUT2D eigenvalue weighted by atomic mass is 9.77. The molecule has 0 amide bonds. The number of ether oxygens (including phenoxy) is 1. The molecule has 0 saturated heterocycles. The average Bonchev–Trinajstić information content (AvgIpc) is 2.71.